The minimum absolute atomic E-state index is 0.00727. The number of pyridine rings is 1. The van der Waals surface area contributed by atoms with E-state index in [1.807, 2.05) is 0 Å². The van der Waals surface area contributed by atoms with Crippen LogP contribution in [0.2, 0.25) is 0 Å². The number of hydrogen-bond donors (Lipinski definition) is 3. The van der Waals surface area contributed by atoms with Gasteiger partial charge in [0, 0.05) is 24.7 Å². The second kappa shape index (κ2) is 5.64. The van der Waals surface area contributed by atoms with Gasteiger partial charge >= 0.3 is 0 Å². The van der Waals surface area contributed by atoms with Gasteiger partial charge in [-0.1, -0.05) is 0 Å². The monoisotopic (exact) mass is 286 g/mol. The summed E-state index contributed by atoms with van der Waals surface area (Å²) < 4.78 is 26.9. The van der Waals surface area contributed by atoms with Crippen LogP contribution in [0.25, 0.3) is 0 Å². The van der Waals surface area contributed by atoms with E-state index >= 15 is 0 Å². The third kappa shape index (κ3) is 4.27. The Hall–Kier alpha value is -1.51. The van der Waals surface area contributed by atoms with Crippen LogP contribution in [0, 0.1) is 0 Å². The molecule has 106 valence electrons. The largest absolute Gasteiger partial charge is 0.370 e. The molecule has 0 aliphatic rings. The first-order valence-electron chi connectivity index (χ1n) is 5.64. The zero-order valence-electron chi connectivity index (χ0n) is 10.9. The molecule has 0 bridgehead atoms. The highest BCUT2D eigenvalue weighted by Crippen LogP contribution is 2.17. The molecule has 1 aromatic heterocycles. The van der Waals surface area contributed by atoms with Crippen molar-refractivity contribution in [3.8, 4) is 0 Å². The fraction of sp³-hybridized carbons (Fsp3) is 0.455. The second-order valence-electron chi connectivity index (χ2n) is 4.78. The van der Waals surface area contributed by atoms with E-state index in [0.717, 1.165) is 0 Å². The highest BCUT2D eigenvalue weighted by Gasteiger charge is 2.29. The number of aromatic nitrogens is 1. The van der Waals surface area contributed by atoms with E-state index < -0.39 is 21.5 Å². The molecule has 0 fully saturated rings. The van der Waals surface area contributed by atoms with Crippen LogP contribution in [0.5, 0.6) is 0 Å². The van der Waals surface area contributed by atoms with Gasteiger partial charge in [-0.3, -0.25) is 9.78 Å². The maximum atomic E-state index is 12.3. The summed E-state index contributed by atoms with van der Waals surface area (Å²) in [5.41, 5.74) is 9.84. The molecule has 1 heterocycles. The molecule has 5 N–H and O–H groups in total. The van der Waals surface area contributed by atoms with Crippen LogP contribution in [-0.4, -0.2) is 24.8 Å². The molecule has 0 aromatic carbocycles. The van der Waals surface area contributed by atoms with Crippen molar-refractivity contribution in [2.24, 2.45) is 11.5 Å². The van der Waals surface area contributed by atoms with Crippen molar-refractivity contribution in [2.75, 3.05) is 0 Å². The van der Waals surface area contributed by atoms with E-state index in [-0.39, 0.29) is 23.6 Å². The lowest BCUT2D eigenvalue weighted by atomic mass is 10.0. The molecule has 0 aliphatic carbocycles. The summed E-state index contributed by atoms with van der Waals surface area (Å²) in [6.07, 6.45) is 1.36. The average Bonchev–Trinajstić information content (AvgIpc) is 2.25. The molecule has 7 nitrogen and oxygen atoms in total. The zero-order valence-corrected chi connectivity index (χ0v) is 11.7. The Bertz CT molecular complexity index is 569. The van der Waals surface area contributed by atoms with Gasteiger partial charge in [-0.05, 0) is 26.0 Å². The minimum Gasteiger partial charge on any atom is -0.370 e. The summed E-state index contributed by atoms with van der Waals surface area (Å²) in [7, 11) is -3.81. The number of nitrogens with one attached hydrogen (secondary N) is 1. The van der Waals surface area contributed by atoms with Crippen molar-refractivity contribution < 1.29 is 13.2 Å². The maximum absolute atomic E-state index is 12.3. The zero-order chi connectivity index (χ0) is 14.7. The molecule has 1 rings (SSSR count). The van der Waals surface area contributed by atoms with E-state index in [1.165, 1.54) is 18.3 Å². The number of sulfonamides is 1. The SMILES string of the molecule is CC(C)(CC(N)=O)NS(=O)(=O)c1cccnc1CN. The van der Waals surface area contributed by atoms with Crippen molar-refractivity contribution in [3.63, 3.8) is 0 Å². The van der Waals surface area contributed by atoms with Gasteiger partial charge < -0.3 is 11.5 Å². The van der Waals surface area contributed by atoms with E-state index in [1.54, 1.807) is 13.8 Å². The van der Waals surface area contributed by atoms with Crippen molar-refractivity contribution in [2.45, 2.75) is 37.2 Å². The van der Waals surface area contributed by atoms with E-state index in [4.69, 9.17) is 11.5 Å². The molecule has 0 saturated heterocycles. The first-order valence-corrected chi connectivity index (χ1v) is 7.12. The number of rotatable bonds is 6. The summed E-state index contributed by atoms with van der Waals surface area (Å²) in [5, 5.41) is 0. The Balaban J connectivity index is 3.08. The van der Waals surface area contributed by atoms with Crippen LogP contribution >= 0.6 is 0 Å². The first-order chi connectivity index (χ1) is 8.68. The van der Waals surface area contributed by atoms with Crippen LogP contribution in [0.1, 0.15) is 26.0 Å². The van der Waals surface area contributed by atoms with Crippen LogP contribution in [0.4, 0.5) is 0 Å². The summed E-state index contributed by atoms with van der Waals surface area (Å²) in [5.74, 6) is -0.585. The maximum Gasteiger partial charge on any atom is 0.242 e. The molecule has 19 heavy (non-hydrogen) atoms. The van der Waals surface area contributed by atoms with Crippen LogP contribution in [0.3, 0.4) is 0 Å². The van der Waals surface area contributed by atoms with E-state index in [0.29, 0.717) is 0 Å². The Kier molecular flexibility index (Phi) is 4.61. The average molecular weight is 286 g/mol. The number of nitrogens with zero attached hydrogens (tertiary/aromatic N) is 1. The van der Waals surface area contributed by atoms with Crippen molar-refractivity contribution in [1.82, 2.24) is 9.71 Å². The highest BCUT2D eigenvalue weighted by molar-refractivity contribution is 7.89. The van der Waals surface area contributed by atoms with Gasteiger partial charge in [-0.15, -0.1) is 0 Å². The standard InChI is InChI=1S/C11H18N4O3S/c1-11(2,6-10(13)16)15-19(17,18)9-4-3-5-14-8(9)7-12/h3-5,15H,6-7,12H2,1-2H3,(H2,13,16). The van der Waals surface area contributed by atoms with Crippen LogP contribution in [-0.2, 0) is 21.4 Å². The summed E-state index contributed by atoms with van der Waals surface area (Å²) in [6, 6.07) is 2.92. The Labute approximate surface area is 112 Å². The topological polar surface area (TPSA) is 128 Å². The quantitative estimate of drug-likeness (QED) is 0.647. The van der Waals surface area contributed by atoms with Crippen molar-refractivity contribution in [1.29, 1.82) is 0 Å². The van der Waals surface area contributed by atoms with Crippen LogP contribution in [0.15, 0.2) is 23.2 Å². The third-order valence-electron chi connectivity index (χ3n) is 2.36. The molecular weight excluding hydrogens is 268 g/mol. The normalized spacial score (nSPS) is 12.4. The third-order valence-corrected chi connectivity index (χ3v) is 4.13. The van der Waals surface area contributed by atoms with Gasteiger partial charge in [0.2, 0.25) is 15.9 Å². The molecule has 8 heteroatoms. The number of nitrogens with two attached hydrogens (primary N) is 2. The first kappa shape index (κ1) is 15.5. The lowest BCUT2D eigenvalue weighted by Gasteiger charge is -2.24. The van der Waals surface area contributed by atoms with Gasteiger partial charge in [0.1, 0.15) is 4.90 Å². The van der Waals surface area contributed by atoms with Gasteiger partial charge in [0.05, 0.1) is 5.69 Å². The van der Waals surface area contributed by atoms with E-state index in [2.05, 4.69) is 9.71 Å². The summed E-state index contributed by atoms with van der Waals surface area (Å²) >= 11 is 0. The molecule has 1 aromatic rings. The van der Waals surface area contributed by atoms with Crippen LogP contribution < -0.4 is 16.2 Å². The Morgan fingerprint density at radius 2 is 2.11 bits per heavy atom. The summed E-state index contributed by atoms with van der Waals surface area (Å²) in [4.78, 5) is 14.8. The molecule has 0 saturated carbocycles. The van der Waals surface area contributed by atoms with Gasteiger partial charge in [0.25, 0.3) is 0 Å². The fourth-order valence-electron chi connectivity index (χ4n) is 1.71. The number of primary amides is 1. The molecular formula is C11H18N4O3S. The van der Waals surface area contributed by atoms with E-state index in [9.17, 15) is 13.2 Å². The summed E-state index contributed by atoms with van der Waals surface area (Å²) in [6.45, 7) is 3.16. The molecule has 0 atom stereocenters. The van der Waals surface area contributed by atoms with Gasteiger partial charge in [-0.2, -0.15) is 0 Å². The Morgan fingerprint density at radius 3 is 2.63 bits per heavy atom. The fourth-order valence-corrected chi connectivity index (χ4v) is 3.33. The lowest BCUT2D eigenvalue weighted by molar-refractivity contribution is -0.119. The number of carbonyl (C=O) groups is 1. The van der Waals surface area contributed by atoms with Crippen molar-refractivity contribution >= 4 is 15.9 Å². The predicted molar refractivity (Wildman–Crippen MR) is 70.3 cm³/mol. The van der Waals surface area contributed by atoms with Gasteiger partial charge in [-0.25, -0.2) is 13.1 Å². The number of hydrogen-bond acceptors (Lipinski definition) is 5. The molecule has 1 amide bonds. The Morgan fingerprint density at radius 1 is 1.47 bits per heavy atom. The predicted octanol–water partition coefficient (Wildman–Crippen LogP) is -0.527. The number of carbonyl (C=O) groups excluding carboxylic acids is 1. The minimum atomic E-state index is -3.81. The molecule has 0 spiro atoms. The highest BCUT2D eigenvalue weighted by atomic mass is 32.2. The van der Waals surface area contributed by atoms with Gasteiger partial charge in [0.15, 0.2) is 0 Å². The molecule has 0 aliphatic heterocycles. The lowest BCUT2D eigenvalue weighted by Crippen LogP contribution is -2.46. The molecule has 0 unspecified atom stereocenters. The number of amides is 1. The van der Waals surface area contributed by atoms with Crippen molar-refractivity contribution in [3.05, 3.63) is 24.0 Å². The second-order valence-corrected chi connectivity index (χ2v) is 6.44. The smallest absolute Gasteiger partial charge is 0.242 e. The molecule has 0 radical (unpaired) electrons.